The van der Waals surface area contributed by atoms with Gasteiger partial charge >= 0.3 is 5.97 Å². The zero-order valence-electron chi connectivity index (χ0n) is 13.4. The molecule has 0 aliphatic carbocycles. The molecule has 1 N–H and O–H groups in total. The molecule has 0 bridgehead atoms. The van der Waals surface area contributed by atoms with Crippen LogP contribution in [0.5, 0.6) is 17.2 Å². The molecule has 23 heavy (non-hydrogen) atoms. The third-order valence-electron chi connectivity index (χ3n) is 3.73. The Balaban J connectivity index is 2.41. The molecule has 0 aromatic heterocycles. The van der Waals surface area contributed by atoms with Gasteiger partial charge in [-0.15, -0.1) is 0 Å². The van der Waals surface area contributed by atoms with E-state index >= 15 is 0 Å². The SMILES string of the molecule is COc1ccc(C(Cc2ccccc2OC)C(=O)O)c(OC)c1. The highest BCUT2D eigenvalue weighted by Gasteiger charge is 2.25. The van der Waals surface area contributed by atoms with E-state index in [1.54, 1.807) is 32.4 Å². The molecule has 0 saturated carbocycles. The van der Waals surface area contributed by atoms with Crippen molar-refractivity contribution in [3.63, 3.8) is 0 Å². The van der Waals surface area contributed by atoms with Gasteiger partial charge in [-0.1, -0.05) is 24.3 Å². The molecule has 0 fully saturated rings. The highest BCUT2D eigenvalue weighted by atomic mass is 16.5. The molecule has 5 heteroatoms. The monoisotopic (exact) mass is 316 g/mol. The van der Waals surface area contributed by atoms with Crippen molar-refractivity contribution in [2.45, 2.75) is 12.3 Å². The average molecular weight is 316 g/mol. The minimum Gasteiger partial charge on any atom is -0.497 e. The second-order valence-corrected chi connectivity index (χ2v) is 5.01. The molecule has 2 rings (SSSR count). The Morgan fingerprint density at radius 2 is 1.70 bits per heavy atom. The molecule has 0 amide bonds. The molecule has 0 heterocycles. The molecular weight excluding hydrogens is 296 g/mol. The Morgan fingerprint density at radius 3 is 2.30 bits per heavy atom. The van der Waals surface area contributed by atoms with Gasteiger partial charge in [0, 0.05) is 11.6 Å². The minimum absolute atomic E-state index is 0.308. The van der Waals surface area contributed by atoms with E-state index < -0.39 is 11.9 Å². The van der Waals surface area contributed by atoms with Crippen molar-refractivity contribution in [2.75, 3.05) is 21.3 Å². The van der Waals surface area contributed by atoms with E-state index in [0.29, 0.717) is 29.2 Å². The van der Waals surface area contributed by atoms with Gasteiger partial charge in [0.1, 0.15) is 17.2 Å². The van der Waals surface area contributed by atoms with Crippen molar-refractivity contribution >= 4 is 5.97 Å². The summed E-state index contributed by atoms with van der Waals surface area (Å²) in [7, 11) is 4.64. The Morgan fingerprint density at radius 1 is 1.00 bits per heavy atom. The lowest BCUT2D eigenvalue weighted by Gasteiger charge is -2.18. The van der Waals surface area contributed by atoms with Gasteiger partial charge in [-0.3, -0.25) is 4.79 Å². The summed E-state index contributed by atoms with van der Waals surface area (Å²) in [6.45, 7) is 0. The maximum Gasteiger partial charge on any atom is 0.311 e. The summed E-state index contributed by atoms with van der Waals surface area (Å²) in [6.07, 6.45) is 0.308. The Kier molecular flexibility index (Phi) is 5.46. The van der Waals surface area contributed by atoms with Gasteiger partial charge in [0.15, 0.2) is 0 Å². The van der Waals surface area contributed by atoms with Crippen molar-refractivity contribution < 1.29 is 24.1 Å². The average Bonchev–Trinajstić information content (AvgIpc) is 2.59. The predicted octanol–water partition coefficient (Wildman–Crippen LogP) is 3.12. The standard InChI is InChI=1S/C18H20O5/c1-21-13-8-9-14(17(11-13)23-3)15(18(19)20)10-12-6-4-5-7-16(12)22-2/h4-9,11,15H,10H2,1-3H3,(H,19,20). The minimum atomic E-state index is -0.917. The first kappa shape index (κ1) is 16.7. The maximum absolute atomic E-state index is 11.8. The van der Waals surface area contributed by atoms with Crippen LogP contribution in [0.15, 0.2) is 42.5 Å². The summed E-state index contributed by atoms with van der Waals surface area (Å²) in [5.74, 6) is 0.122. The van der Waals surface area contributed by atoms with Crippen molar-refractivity contribution in [3.8, 4) is 17.2 Å². The summed E-state index contributed by atoms with van der Waals surface area (Å²) in [5, 5.41) is 9.67. The third-order valence-corrected chi connectivity index (χ3v) is 3.73. The van der Waals surface area contributed by atoms with Crippen LogP contribution in [0.3, 0.4) is 0 Å². The molecule has 0 radical (unpaired) electrons. The number of benzene rings is 2. The second-order valence-electron chi connectivity index (χ2n) is 5.01. The van der Waals surface area contributed by atoms with Crippen LogP contribution in [0.2, 0.25) is 0 Å². The Bertz CT molecular complexity index is 681. The van der Waals surface area contributed by atoms with Crippen LogP contribution in [0, 0.1) is 0 Å². The van der Waals surface area contributed by atoms with Crippen molar-refractivity contribution in [1.29, 1.82) is 0 Å². The molecule has 1 atom stereocenters. The van der Waals surface area contributed by atoms with Crippen LogP contribution >= 0.6 is 0 Å². The van der Waals surface area contributed by atoms with Crippen LogP contribution in [0.4, 0.5) is 0 Å². The lowest BCUT2D eigenvalue weighted by Crippen LogP contribution is -2.16. The van der Waals surface area contributed by atoms with Crippen LogP contribution in [-0.4, -0.2) is 32.4 Å². The molecule has 0 aliphatic heterocycles. The molecule has 5 nitrogen and oxygen atoms in total. The van der Waals surface area contributed by atoms with Gasteiger partial charge in [-0.05, 0) is 24.1 Å². The van der Waals surface area contributed by atoms with Crippen LogP contribution in [0.25, 0.3) is 0 Å². The molecule has 0 aliphatic rings. The number of hydrogen-bond acceptors (Lipinski definition) is 4. The molecule has 122 valence electrons. The van der Waals surface area contributed by atoms with Gasteiger partial charge in [-0.2, -0.15) is 0 Å². The number of aliphatic carboxylic acids is 1. The number of para-hydroxylation sites is 1. The molecule has 0 saturated heterocycles. The Labute approximate surface area is 135 Å². The smallest absolute Gasteiger partial charge is 0.311 e. The first-order valence-corrected chi connectivity index (χ1v) is 7.17. The van der Waals surface area contributed by atoms with Gasteiger partial charge in [0.2, 0.25) is 0 Å². The van der Waals surface area contributed by atoms with Crippen molar-refractivity contribution in [2.24, 2.45) is 0 Å². The van der Waals surface area contributed by atoms with Gasteiger partial charge in [0.25, 0.3) is 0 Å². The lowest BCUT2D eigenvalue weighted by atomic mass is 9.91. The topological polar surface area (TPSA) is 65.0 Å². The molecule has 0 spiro atoms. The van der Waals surface area contributed by atoms with E-state index in [1.807, 2.05) is 24.3 Å². The number of ether oxygens (including phenoxy) is 3. The summed E-state index contributed by atoms with van der Waals surface area (Å²) in [4.78, 5) is 11.8. The van der Waals surface area contributed by atoms with E-state index in [1.165, 1.54) is 7.11 Å². The zero-order chi connectivity index (χ0) is 16.8. The number of carboxylic acid groups (broad SMARTS) is 1. The zero-order valence-corrected chi connectivity index (χ0v) is 13.4. The van der Waals surface area contributed by atoms with Gasteiger partial charge in [-0.25, -0.2) is 0 Å². The highest BCUT2D eigenvalue weighted by molar-refractivity contribution is 5.78. The molecule has 2 aromatic rings. The van der Waals surface area contributed by atoms with E-state index in [0.717, 1.165) is 5.56 Å². The van der Waals surface area contributed by atoms with Crippen LogP contribution in [-0.2, 0) is 11.2 Å². The molecule has 2 aromatic carbocycles. The fourth-order valence-corrected chi connectivity index (χ4v) is 2.53. The number of carboxylic acids is 1. The normalized spacial score (nSPS) is 11.6. The first-order chi connectivity index (χ1) is 11.1. The van der Waals surface area contributed by atoms with Gasteiger partial charge < -0.3 is 19.3 Å². The van der Waals surface area contributed by atoms with Crippen molar-refractivity contribution in [3.05, 3.63) is 53.6 Å². The summed E-state index contributed by atoms with van der Waals surface area (Å²) in [6, 6.07) is 12.5. The fraction of sp³-hybridized carbons (Fsp3) is 0.278. The quantitative estimate of drug-likeness (QED) is 0.850. The summed E-state index contributed by atoms with van der Waals surface area (Å²) in [5.41, 5.74) is 1.44. The van der Waals surface area contributed by atoms with Crippen LogP contribution < -0.4 is 14.2 Å². The number of methoxy groups -OCH3 is 3. The second kappa shape index (κ2) is 7.54. The van der Waals surface area contributed by atoms with E-state index in [2.05, 4.69) is 0 Å². The van der Waals surface area contributed by atoms with Crippen LogP contribution in [0.1, 0.15) is 17.0 Å². The number of rotatable bonds is 7. The Hall–Kier alpha value is -2.69. The van der Waals surface area contributed by atoms with Crippen molar-refractivity contribution in [1.82, 2.24) is 0 Å². The fourth-order valence-electron chi connectivity index (χ4n) is 2.53. The number of hydrogen-bond donors (Lipinski definition) is 1. The summed E-state index contributed by atoms with van der Waals surface area (Å²) >= 11 is 0. The first-order valence-electron chi connectivity index (χ1n) is 7.17. The van der Waals surface area contributed by atoms with E-state index in [-0.39, 0.29) is 0 Å². The number of carbonyl (C=O) groups is 1. The van der Waals surface area contributed by atoms with Gasteiger partial charge in [0.05, 0.1) is 27.2 Å². The largest absolute Gasteiger partial charge is 0.497 e. The third kappa shape index (κ3) is 3.74. The summed E-state index contributed by atoms with van der Waals surface area (Å²) < 4.78 is 15.8. The van der Waals surface area contributed by atoms with E-state index in [4.69, 9.17) is 14.2 Å². The molecular formula is C18H20O5. The molecule has 1 unspecified atom stereocenters. The van der Waals surface area contributed by atoms with E-state index in [9.17, 15) is 9.90 Å². The highest BCUT2D eigenvalue weighted by Crippen LogP contribution is 2.34. The predicted molar refractivity (Wildman–Crippen MR) is 86.6 cm³/mol. The lowest BCUT2D eigenvalue weighted by molar-refractivity contribution is -0.138. The maximum atomic E-state index is 11.8.